The Kier molecular flexibility index (Phi) is 7.59. The molecule has 4 rings (SSSR count). The third-order valence-electron chi connectivity index (χ3n) is 6.05. The van der Waals surface area contributed by atoms with E-state index in [1.54, 1.807) is 18.3 Å². The summed E-state index contributed by atoms with van der Waals surface area (Å²) >= 11 is 13.0. The van der Waals surface area contributed by atoms with E-state index in [0.717, 1.165) is 13.0 Å². The first-order valence-electron chi connectivity index (χ1n) is 11.0. The van der Waals surface area contributed by atoms with Crippen LogP contribution in [0.2, 0.25) is 10.0 Å². The number of ether oxygens (including phenoxy) is 2. The van der Waals surface area contributed by atoms with Crippen molar-refractivity contribution in [2.45, 2.75) is 18.9 Å². The number of H-pyrrole nitrogens is 1. The van der Waals surface area contributed by atoms with E-state index in [1.807, 2.05) is 0 Å². The third kappa shape index (κ3) is 5.12. The topological polar surface area (TPSA) is 118 Å². The van der Waals surface area contributed by atoms with E-state index in [-0.39, 0.29) is 33.3 Å². The molecule has 0 amide bonds. The number of hydrogen-bond acceptors (Lipinski definition) is 8. The summed E-state index contributed by atoms with van der Waals surface area (Å²) in [7, 11) is 2.95. The van der Waals surface area contributed by atoms with E-state index in [2.05, 4.69) is 32.2 Å². The molecule has 3 N–H and O–H groups in total. The molecule has 0 unspecified atom stereocenters. The monoisotopic (exact) mass is 517 g/mol. The second-order valence-corrected chi connectivity index (χ2v) is 8.93. The molecule has 2 atom stereocenters. The lowest BCUT2D eigenvalue weighted by Gasteiger charge is -2.32. The van der Waals surface area contributed by atoms with Gasteiger partial charge in [0, 0.05) is 42.2 Å². The molecule has 11 heteroatoms. The molecule has 1 fully saturated rings. The first kappa shape index (κ1) is 25.0. The summed E-state index contributed by atoms with van der Waals surface area (Å²) in [6.45, 7) is 5.04. The zero-order valence-corrected chi connectivity index (χ0v) is 20.8. The van der Waals surface area contributed by atoms with Crippen LogP contribution >= 0.6 is 23.2 Å². The Hall–Kier alpha value is -3.14. The van der Waals surface area contributed by atoms with Gasteiger partial charge >= 0.3 is 0 Å². The van der Waals surface area contributed by atoms with Crippen molar-refractivity contribution in [1.82, 2.24) is 20.3 Å². The Bertz CT molecular complexity index is 1320. The number of benzene rings is 1. The molecule has 3 aromatic rings. The van der Waals surface area contributed by atoms with Crippen molar-refractivity contribution in [3.63, 3.8) is 0 Å². The fourth-order valence-electron chi connectivity index (χ4n) is 4.21. The van der Waals surface area contributed by atoms with Crippen molar-refractivity contribution in [1.29, 1.82) is 0 Å². The van der Waals surface area contributed by atoms with Crippen molar-refractivity contribution >= 4 is 45.8 Å². The molecular weight excluding hydrogens is 493 g/mol. The molecule has 1 aromatic carbocycles. The maximum Gasteiger partial charge on any atom is 0.275 e. The van der Waals surface area contributed by atoms with Gasteiger partial charge in [-0.1, -0.05) is 29.8 Å². The molecule has 3 heterocycles. The molecule has 0 bridgehead atoms. The number of aromatic amines is 1. The minimum absolute atomic E-state index is 0.00130. The van der Waals surface area contributed by atoms with Gasteiger partial charge in [0.25, 0.3) is 5.56 Å². The van der Waals surface area contributed by atoms with Crippen LogP contribution in [0.3, 0.4) is 0 Å². The Balaban J connectivity index is 1.69. The lowest BCUT2D eigenvalue weighted by Crippen LogP contribution is -2.46. The van der Waals surface area contributed by atoms with Crippen LogP contribution < -0.4 is 25.7 Å². The molecule has 9 nitrogen and oxygen atoms in total. The van der Waals surface area contributed by atoms with Crippen LogP contribution in [0.25, 0.3) is 22.2 Å². The largest absolute Gasteiger partial charge is 0.495 e. The second-order valence-electron chi connectivity index (χ2n) is 8.17. The van der Waals surface area contributed by atoms with Gasteiger partial charge in [-0.2, -0.15) is 0 Å². The number of methoxy groups -OCH3 is 2. The number of fused-ring (bicyclic) bond motifs is 1. The summed E-state index contributed by atoms with van der Waals surface area (Å²) in [6.07, 6.45) is 4.13. The molecule has 1 saturated heterocycles. The molecule has 0 saturated carbocycles. The van der Waals surface area contributed by atoms with E-state index >= 15 is 0 Å². The van der Waals surface area contributed by atoms with Crippen LogP contribution in [0.1, 0.15) is 12.8 Å². The molecule has 1 aliphatic rings. The van der Waals surface area contributed by atoms with Crippen LogP contribution in [0.15, 0.2) is 35.8 Å². The number of anilines is 1. The number of nitrogens with zero attached hydrogens (tertiary/aromatic N) is 2. The minimum Gasteiger partial charge on any atom is -0.495 e. The first-order chi connectivity index (χ1) is 16.9. The molecule has 35 heavy (non-hydrogen) atoms. The third-order valence-corrected chi connectivity index (χ3v) is 6.80. The summed E-state index contributed by atoms with van der Waals surface area (Å²) in [5, 5.41) is 7.56. The SMILES string of the molecule is C=CC(=O)C[C@H]1CCNC[C@H]1Nc1ncc2cc(-c3c(Cl)c(OC)cc(OC)c3Cl)[nH]c(=O)c2n1. The van der Waals surface area contributed by atoms with Crippen molar-refractivity contribution in [2.75, 3.05) is 32.6 Å². The number of ketones is 1. The Morgan fingerprint density at radius 1 is 1.26 bits per heavy atom. The average Bonchev–Trinajstić information content (AvgIpc) is 2.86. The van der Waals surface area contributed by atoms with Gasteiger partial charge in [-0.05, 0) is 31.0 Å². The van der Waals surface area contributed by atoms with Gasteiger partial charge in [0.05, 0.1) is 30.0 Å². The standard InChI is InChI=1S/C24H25Cl2N5O4/c1-4-14(32)7-12-5-6-27-11-16(12)30-24-28-10-13-8-15(29-23(33)22(13)31-24)19-20(25)17(34-2)9-18(35-3)21(19)26/h4,8-10,12,16,27H,1,5-7,11H2,2-3H3,(H,29,33)(H,28,30,31)/t12-,16-/m1/s1. The highest BCUT2D eigenvalue weighted by molar-refractivity contribution is 6.41. The number of pyridine rings is 1. The van der Waals surface area contributed by atoms with Crippen LogP contribution in [-0.2, 0) is 4.79 Å². The minimum atomic E-state index is -0.433. The number of aromatic nitrogens is 3. The smallest absolute Gasteiger partial charge is 0.275 e. The summed E-state index contributed by atoms with van der Waals surface area (Å²) in [4.78, 5) is 36.5. The number of carbonyl (C=O) groups excluding carboxylic acids is 1. The Morgan fingerprint density at radius 3 is 2.63 bits per heavy atom. The highest BCUT2D eigenvalue weighted by Gasteiger charge is 2.27. The fraction of sp³-hybridized carbons (Fsp3) is 0.333. The predicted molar refractivity (Wildman–Crippen MR) is 137 cm³/mol. The number of rotatable bonds is 8. The van der Waals surface area contributed by atoms with Gasteiger partial charge in [-0.15, -0.1) is 0 Å². The molecule has 184 valence electrons. The van der Waals surface area contributed by atoms with E-state index in [0.29, 0.717) is 47.1 Å². The summed E-state index contributed by atoms with van der Waals surface area (Å²) in [5.41, 5.74) is 0.514. The van der Waals surface area contributed by atoms with E-state index in [4.69, 9.17) is 32.7 Å². The van der Waals surface area contributed by atoms with Gasteiger partial charge in [-0.3, -0.25) is 9.59 Å². The molecule has 2 aromatic heterocycles. The quantitative estimate of drug-likeness (QED) is 0.385. The van der Waals surface area contributed by atoms with Crippen molar-refractivity contribution in [2.24, 2.45) is 5.92 Å². The molecule has 0 aliphatic carbocycles. The summed E-state index contributed by atoms with van der Waals surface area (Å²) < 4.78 is 10.6. The normalized spacial score (nSPS) is 17.7. The fourth-order valence-corrected chi connectivity index (χ4v) is 4.92. The first-order valence-corrected chi connectivity index (χ1v) is 11.7. The molecular formula is C24H25Cl2N5O4. The summed E-state index contributed by atoms with van der Waals surface area (Å²) in [5.74, 6) is 1.11. The van der Waals surface area contributed by atoms with Gasteiger partial charge in [0.1, 0.15) is 17.0 Å². The van der Waals surface area contributed by atoms with Gasteiger partial charge < -0.3 is 25.1 Å². The second kappa shape index (κ2) is 10.6. The highest BCUT2D eigenvalue weighted by Crippen LogP contribution is 2.45. The van der Waals surface area contributed by atoms with Gasteiger partial charge in [0.15, 0.2) is 5.78 Å². The van der Waals surface area contributed by atoms with Crippen LogP contribution in [0, 0.1) is 5.92 Å². The van der Waals surface area contributed by atoms with E-state index in [1.165, 1.54) is 20.3 Å². The maximum absolute atomic E-state index is 13.0. The van der Waals surface area contributed by atoms with E-state index < -0.39 is 5.56 Å². The Morgan fingerprint density at radius 2 is 1.97 bits per heavy atom. The lowest BCUT2D eigenvalue weighted by molar-refractivity contribution is -0.115. The van der Waals surface area contributed by atoms with Crippen LogP contribution in [0.4, 0.5) is 5.95 Å². The zero-order valence-electron chi connectivity index (χ0n) is 19.3. The summed E-state index contributed by atoms with van der Waals surface area (Å²) in [6, 6.07) is 3.20. The van der Waals surface area contributed by atoms with Gasteiger partial charge in [-0.25, -0.2) is 9.97 Å². The van der Waals surface area contributed by atoms with Gasteiger partial charge in [0.2, 0.25) is 5.95 Å². The number of hydrogen-bond donors (Lipinski definition) is 3. The van der Waals surface area contributed by atoms with Crippen LogP contribution in [0.5, 0.6) is 11.5 Å². The maximum atomic E-state index is 13.0. The number of allylic oxidation sites excluding steroid dienone is 1. The molecule has 1 aliphatic heterocycles. The Labute approximate surface area is 211 Å². The van der Waals surface area contributed by atoms with E-state index in [9.17, 15) is 9.59 Å². The number of carbonyl (C=O) groups is 1. The number of halogens is 2. The molecule has 0 radical (unpaired) electrons. The predicted octanol–water partition coefficient (Wildman–Crippen LogP) is 3.84. The van der Waals surface area contributed by atoms with Crippen molar-refractivity contribution < 1.29 is 14.3 Å². The van der Waals surface area contributed by atoms with Crippen molar-refractivity contribution in [3.8, 4) is 22.8 Å². The number of nitrogens with one attached hydrogen (secondary N) is 3. The lowest BCUT2D eigenvalue weighted by atomic mass is 9.88. The zero-order chi connectivity index (χ0) is 25.1. The average molecular weight is 518 g/mol. The van der Waals surface area contributed by atoms with Crippen LogP contribution in [-0.4, -0.2) is 54.1 Å². The number of piperidine rings is 1. The molecule has 0 spiro atoms. The van der Waals surface area contributed by atoms with Crippen molar-refractivity contribution in [3.05, 3.63) is 51.4 Å². The highest BCUT2D eigenvalue weighted by atomic mass is 35.5.